The Kier molecular flexibility index (Phi) is 5.94. The van der Waals surface area contributed by atoms with Crippen LogP contribution in [-0.4, -0.2) is 48.8 Å². The van der Waals surface area contributed by atoms with Gasteiger partial charge >= 0.3 is 0 Å². The van der Waals surface area contributed by atoms with Crippen LogP contribution < -0.4 is 5.73 Å². The fourth-order valence-corrected chi connectivity index (χ4v) is 1.01. The van der Waals surface area contributed by atoms with Crippen molar-refractivity contribution in [1.29, 1.82) is 0 Å². The molecule has 0 radical (unpaired) electrons. The summed E-state index contributed by atoms with van der Waals surface area (Å²) in [6.45, 7) is 1.38. The molecule has 0 saturated carbocycles. The minimum absolute atomic E-state index is 0.216. The number of methoxy groups -OCH3 is 1. The smallest absolute Gasteiger partial charge is 0.245 e. The highest BCUT2D eigenvalue weighted by Gasteiger charge is 2.13. The number of nitrogens with two attached hydrogens (primary N) is 1. The van der Waals surface area contributed by atoms with E-state index in [0.717, 1.165) is 0 Å². The zero-order valence-corrected chi connectivity index (χ0v) is 9.26. The molecule has 1 aromatic heterocycles. The van der Waals surface area contributed by atoms with Crippen molar-refractivity contribution in [3.8, 4) is 0 Å². The van der Waals surface area contributed by atoms with Crippen LogP contribution in [0.15, 0.2) is 4.52 Å². The Balaban J connectivity index is 2.24. The van der Waals surface area contributed by atoms with Crippen molar-refractivity contribution >= 4 is 0 Å². The van der Waals surface area contributed by atoms with Gasteiger partial charge in [0.15, 0.2) is 5.82 Å². The third-order valence-corrected chi connectivity index (χ3v) is 1.90. The van der Waals surface area contributed by atoms with Crippen LogP contribution in [-0.2, 0) is 15.9 Å². The zero-order chi connectivity index (χ0) is 11.8. The lowest BCUT2D eigenvalue weighted by molar-refractivity contribution is 0.0714. The second-order valence-corrected chi connectivity index (χ2v) is 3.19. The SMILES string of the molecule is COCCOCCc1noc(C(N)CO)n1. The number of hydrogen-bond donors (Lipinski definition) is 2. The quantitative estimate of drug-likeness (QED) is 0.568. The second-order valence-electron chi connectivity index (χ2n) is 3.19. The van der Waals surface area contributed by atoms with E-state index >= 15 is 0 Å². The lowest BCUT2D eigenvalue weighted by Gasteiger charge is -2.00. The van der Waals surface area contributed by atoms with Gasteiger partial charge in [-0.3, -0.25) is 0 Å². The van der Waals surface area contributed by atoms with Gasteiger partial charge in [-0.2, -0.15) is 4.98 Å². The molecule has 0 amide bonds. The number of rotatable bonds is 8. The van der Waals surface area contributed by atoms with Crippen molar-refractivity contribution in [3.05, 3.63) is 11.7 Å². The standard InChI is InChI=1S/C9H17N3O4/c1-14-4-5-15-3-2-8-11-9(16-12-8)7(10)6-13/h7,13H,2-6,10H2,1H3. The van der Waals surface area contributed by atoms with Crippen LogP contribution in [0.1, 0.15) is 17.8 Å². The molecule has 1 unspecified atom stereocenters. The third kappa shape index (κ3) is 4.23. The Morgan fingerprint density at radius 1 is 1.44 bits per heavy atom. The molecular weight excluding hydrogens is 214 g/mol. The molecule has 0 fully saturated rings. The Labute approximate surface area is 93.5 Å². The van der Waals surface area contributed by atoms with Gasteiger partial charge in [-0.1, -0.05) is 5.16 Å². The first kappa shape index (κ1) is 13.0. The fourth-order valence-electron chi connectivity index (χ4n) is 1.01. The Bertz CT molecular complexity index is 292. The van der Waals surface area contributed by atoms with Gasteiger partial charge in [-0.15, -0.1) is 0 Å². The number of nitrogens with zero attached hydrogens (tertiary/aromatic N) is 2. The summed E-state index contributed by atoms with van der Waals surface area (Å²) in [5.74, 6) is 0.769. The van der Waals surface area contributed by atoms with E-state index in [0.29, 0.717) is 32.1 Å². The Morgan fingerprint density at radius 2 is 2.25 bits per heavy atom. The van der Waals surface area contributed by atoms with Gasteiger partial charge < -0.3 is 24.8 Å². The highest BCUT2D eigenvalue weighted by atomic mass is 16.5. The van der Waals surface area contributed by atoms with Crippen LogP contribution in [0.2, 0.25) is 0 Å². The van der Waals surface area contributed by atoms with E-state index in [2.05, 4.69) is 10.1 Å². The predicted octanol–water partition coefficient (Wildman–Crippen LogP) is -0.733. The monoisotopic (exact) mass is 231 g/mol. The molecule has 0 saturated heterocycles. The first-order valence-corrected chi connectivity index (χ1v) is 5.03. The first-order chi connectivity index (χ1) is 7.77. The molecule has 7 heteroatoms. The number of hydrogen-bond acceptors (Lipinski definition) is 7. The maximum absolute atomic E-state index is 8.78. The minimum Gasteiger partial charge on any atom is -0.394 e. The first-order valence-electron chi connectivity index (χ1n) is 5.03. The summed E-state index contributed by atoms with van der Waals surface area (Å²) in [6.07, 6.45) is 0.547. The average molecular weight is 231 g/mol. The maximum atomic E-state index is 8.78. The summed E-state index contributed by atoms with van der Waals surface area (Å²) in [7, 11) is 1.62. The van der Waals surface area contributed by atoms with Gasteiger partial charge in [0.1, 0.15) is 6.04 Å². The molecule has 0 aliphatic heterocycles. The highest BCUT2D eigenvalue weighted by Crippen LogP contribution is 2.06. The summed E-state index contributed by atoms with van der Waals surface area (Å²) >= 11 is 0. The molecule has 0 bridgehead atoms. The molecule has 0 aliphatic rings. The van der Waals surface area contributed by atoms with E-state index in [1.165, 1.54) is 0 Å². The predicted molar refractivity (Wildman–Crippen MR) is 54.7 cm³/mol. The molecule has 7 nitrogen and oxygen atoms in total. The zero-order valence-electron chi connectivity index (χ0n) is 9.26. The second kappa shape index (κ2) is 7.29. The van der Waals surface area contributed by atoms with Crippen LogP contribution in [0.5, 0.6) is 0 Å². The van der Waals surface area contributed by atoms with Gasteiger partial charge in [-0.05, 0) is 0 Å². The Hall–Kier alpha value is -1.02. The maximum Gasteiger partial charge on any atom is 0.245 e. The molecular formula is C9H17N3O4. The molecule has 1 heterocycles. The van der Waals surface area contributed by atoms with E-state index in [9.17, 15) is 0 Å². The minimum atomic E-state index is -0.615. The van der Waals surface area contributed by atoms with E-state index in [4.69, 9.17) is 24.8 Å². The van der Waals surface area contributed by atoms with Crippen molar-refractivity contribution in [2.75, 3.05) is 33.5 Å². The molecule has 3 N–H and O–H groups in total. The molecule has 0 aromatic carbocycles. The molecule has 92 valence electrons. The normalized spacial score (nSPS) is 12.9. The number of ether oxygens (including phenoxy) is 2. The van der Waals surface area contributed by atoms with Gasteiger partial charge in [0.2, 0.25) is 5.89 Å². The highest BCUT2D eigenvalue weighted by molar-refractivity contribution is 4.91. The van der Waals surface area contributed by atoms with Crippen molar-refractivity contribution in [2.24, 2.45) is 5.73 Å². The lowest BCUT2D eigenvalue weighted by atomic mass is 10.3. The summed E-state index contributed by atoms with van der Waals surface area (Å²) in [6, 6.07) is -0.615. The summed E-state index contributed by atoms with van der Waals surface area (Å²) in [4.78, 5) is 4.02. The topological polar surface area (TPSA) is 104 Å². The Morgan fingerprint density at radius 3 is 2.94 bits per heavy atom. The van der Waals surface area contributed by atoms with Gasteiger partial charge in [0.05, 0.1) is 26.4 Å². The lowest BCUT2D eigenvalue weighted by Crippen LogP contribution is -2.14. The summed E-state index contributed by atoms with van der Waals surface area (Å²) < 4.78 is 14.9. The van der Waals surface area contributed by atoms with Crippen molar-refractivity contribution < 1.29 is 19.1 Å². The van der Waals surface area contributed by atoms with Crippen LogP contribution in [0.3, 0.4) is 0 Å². The van der Waals surface area contributed by atoms with Gasteiger partial charge in [0.25, 0.3) is 0 Å². The molecule has 0 aliphatic carbocycles. The number of aromatic nitrogens is 2. The van der Waals surface area contributed by atoms with Gasteiger partial charge in [-0.25, -0.2) is 0 Å². The molecule has 0 spiro atoms. The van der Waals surface area contributed by atoms with Crippen molar-refractivity contribution in [1.82, 2.24) is 10.1 Å². The summed E-state index contributed by atoms with van der Waals surface area (Å²) in [5.41, 5.74) is 5.51. The van der Waals surface area contributed by atoms with Crippen LogP contribution in [0.4, 0.5) is 0 Å². The molecule has 16 heavy (non-hydrogen) atoms. The number of aliphatic hydroxyl groups excluding tert-OH is 1. The van der Waals surface area contributed by atoms with E-state index < -0.39 is 6.04 Å². The molecule has 1 rings (SSSR count). The van der Waals surface area contributed by atoms with Crippen LogP contribution in [0, 0.1) is 0 Å². The summed E-state index contributed by atoms with van der Waals surface area (Å²) in [5, 5.41) is 12.5. The van der Waals surface area contributed by atoms with Crippen molar-refractivity contribution in [2.45, 2.75) is 12.5 Å². The van der Waals surface area contributed by atoms with E-state index in [1.54, 1.807) is 7.11 Å². The fraction of sp³-hybridized carbons (Fsp3) is 0.778. The number of aliphatic hydroxyl groups is 1. The van der Waals surface area contributed by atoms with Crippen LogP contribution in [0.25, 0.3) is 0 Å². The average Bonchev–Trinajstić information content (AvgIpc) is 2.76. The van der Waals surface area contributed by atoms with E-state index in [-0.39, 0.29) is 12.5 Å². The third-order valence-electron chi connectivity index (χ3n) is 1.90. The van der Waals surface area contributed by atoms with E-state index in [1.807, 2.05) is 0 Å². The van der Waals surface area contributed by atoms with Gasteiger partial charge in [0, 0.05) is 13.5 Å². The largest absolute Gasteiger partial charge is 0.394 e. The molecule has 1 atom stereocenters. The van der Waals surface area contributed by atoms with Crippen LogP contribution >= 0.6 is 0 Å². The van der Waals surface area contributed by atoms with Crippen molar-refractivity contribution in [3.63, 3.8) is 0 Å². The molecule has 1 aromatic rings.